The van der Waals surface area contributed by atoms with Gasteiger partial charge in [-0.05, 0) is 68.0 Å². The molecule has 3 aromatic carbocycles. The van der Waals surface area contributed by atoms with Gasteiger partial charge in [0.1, 0.15) is 0 Å². The van der Waals surface area contributed by atoms with Gasteiger partial charge in [-0.2, -0.15) is 0 Å². The fourth-order valence-electron chi connectivity index (χ4n) is 4.39. The molecule has 1 aliphatic rings. The number of nitrogens with one attached hydrogen (secondary N) is 2. The van der Waals surface area contributed by atoms with Crippen molar-refractivity contribution in [3.63, 3.8) is 0 Å². The van der Waals surface area contributed by atoms with Gasteiger partial charge in [0.25, 0.3) is 5.91 Å². The Balaban J connectivity index is 1.72. The van der Waals surface area contributed by atoms with Gasteiger partial charge in [-0.25, -0.2) is 8.42 Å². The number of amides is 1. The number of aliphatic carboxylic acids is 1. The zero-order chi connectivity index (χ0) is 29.0. The lowest BCUT2D eigenvalue weighted by atomic mass is 9.98. The third-order valence-corrected chi connectivity index (χ3v) is 7.85. The van der Waals surface area contributed by atoms with E-state index in [9.17, 15) is 18.0 Å². The molecule has 0 unspecified atom stereocenters. The zero-order valence-electron chi connectivity index (χ0n) is 22.4. The normalized spacial score (nSPS) is 14.1. The van der Waals surface area contributed by atoms with E-state index >= 15 is 0 Å². The van der Waals surface area contributed by atoms with Crippen LogP contribution >= 0.6 is 11.6 Å². The minimum Gasteiger partial charge on any atom is -0.481 e. The number of fused-ring (bicyclic) bond motifs is 1. The number of hydrogen-bond acceptors (Lipinski definition) is 6. The van der Waals surface area contributed by atoms with Crippen molar-refractivity contribution in [3.05, 3.63) is 88.4 Å². The number of likely N-dealkylation sites (N-methyl/N-ethyl adjacent to an activating group) is 1. The lowest BCUT2D eigenvalue weighted by Gasteiger charge is -2.24. The SMILES string of the molecule is CN(C)CCN(c1ccc(N/C(=C2\C(=O)Nc3cc(Cl)ccc32)c2ccc(CCC(=O)O)cc2)cc1)S(C)(=O)=O. The number of carbonyl (C=O) groups excluding carboxylic acids is 1. The summed E-state index contributed by atoms with van der Waals surface area (Å²) in [6.45, 7) is 0.867. The van der Waals surface area contributed by atoms with Crippen molar-refractivity contribution in [2.24, 2.45) is 0 Å². The summed E-state index contributed by atoms with van der Waals surface area (Å²) < 4.78 is 26.3. The molecule has 1 amide bonds. The molecule has 40 heavy (non-hydrogen) atoms. The van der Waals surface area contributed by atoms with Crippen LogP contribution in [0.25, 0.3) is 11.3 Å². The molecule has 1 heterocycles. The van der Waals surface area contributed by atoms with Crippen molar-refractivity contribution in [1.29, 1.82) is 0 Å². The van der Waals surface area contributed by atoms with Gasteiger partial charge in [0.2, 0.25) is 10.0 Å². The summed E-state index contributed by atoms with van der Waals surface area (Å²) in [6, 6.07) is 19.5. The molecule has 0 atom stereocenters. The molecule has 0 fully saturated rings. The van der Waals surface area contributed by atoms with Gasteiger partial charge in [-0.3, -0.25) is 13.9 Å². The number of carboxylic acids is 1. The second-order valence-electron chi connectivity index (χ2n) is 9.79. The summed E-state index contributed by atoms with van der Waals surface area (Å²) in [4.78, 5) is 26.1. The Morgan fingerprint density at radius 3 is 2.27 bits per heavy atom. The Bertz CT molecular complexity index is 1550. The van der Waals surface area contributed by atoms with Gasteiger partial charge in [0, 0.05) is 35.8 Å². The predicted molar refractivity (Wildman–Crippen MR) is 160 cm³/mol. The molecule has 210 valence electrons. The molecular formula is C29H31ClN4O5S. The van der Waals surface area contributed by atoms with Crippen molar-refractivity contribution < 1.29 is 23.1 Å². The Labute approximate surface area is 239 Å². The lowest BCUT2D eigenvalue weighted by Crippen LogP contribution is -2.35. The smallest absolute Gasteiger partial charge is 0.303 e. The third kappa shape index (κ3) is 7.01. The largest absolute Gasteiger partial charge is 0.481 e. The Hall–Kier alpha value is -3.86. The first-order chi connectivity index (χ1) is 18.9. The number of nitrogens with zero attached hydrogens (tertiary/aromatic N) is 2. The van der Waals surface area contributed by atoms with Crippen molar-refractivity contribution in [3.8, 4) is 0 Å². The fraction of sp³-hybridized carbons (Fsp3) is 0.241. The predicted octanol–water partition coefficient (Wildman–Crippen LogP) is 4.62. The van der Waals surface area contributed by atoms with Gasteiger partial charge in [0.05, 0.1) is 28.9 Å². The second-order valence-corrected chi connectivity index (χ2v) is 12.1. The molecule has 0 radical (unpaired) electrons. The number of rotatable bonds is 11. The van der Waals surface area contributed by atoms with Crippen molar-refractivity contribution >= 4 is 61.8 Å². The fourth-order valence-corrected chi connectivity index (χ4v) is 5.48. The zero-order valence-corrected chi connectivity index (χ0v) is 24.0. The van der Waals surface area contributed by atoms with E-state index in [1.54, 1.807) is 42.5 Å². The van der Waals surface area contributed by atoms with Crippen LogP contribution in [0.3, 0.4) is 0 Å². The van der Waals surface area contributed by atoms with E-state index in [2.05, 4.69) is 10.6 Å². The van der Waals surface area contributed by atoms with E-state index in [4.69, 9.17) is 16.7 Å². The van der Waals surface area contributed by atoms with Crippen LogP contribution in [0.5, 0.6) is 0 Å². The second kappa shape index (κ2) is 12.1. The highest BCUT2D eigenvalue weighted by Gasteiger charge is 2.29. The summed E-state index contributed by atoms with van der Waals surface area (Å²) in [6.07, 6.45) is 1.59. The highest BCUT2D eigenvalue weighted by molar-refractivity contribution is 7.92. The van der Waals surface area contributed by atoms with Crippen LogP contribution in [0.15, 0.2) is 66.7 Å². The number of carboxylic acid groups (broad SMARTS) is 1. The van der Waals surface area contributed by atoms with Gasteiger partial charge in [-0.1, -0.05) is 41.9 Å². The molecule has 0 aromatic heterocycles. The molecule has 9 nitrogen and oxygen atoms in total. The monoisotopic (exact) mass is 582 g/mol. The quantitative estimate of drug-likeness (QED) is 0.282. The summed E-state index contributed by atoms with van der Waals surface area (Å²) >= 11 is 6.15. The minimum absolute atomic E-state index is 0.0213. The molecule has 0 bridgehead atoms. The van der Waals surface area contributed by atoms with E-state index in [-0.39, 0.29) is 12.3 Å². The summed E-state index contributed by atoms with van der Waals surface area (Å²) in [7, 11) is 0.275. The molecule has 0 spiro atoms. The van der Waals surface area contributed by atoms with Crippen LogP contribution in [0.1, 0.15) is 23.1 Å². The average Bonchev–Trinajstić information content (AvgIpc) is 3.20. The molecule has 0 aliphatic carbocycles. The van der Waals surface area contributed by atoms with Gasteiger partial charge < -0.3 is 20.6 Å². The number of hydrogen-bond donors (Lipinski definition) is 3. The Kier molecular flexibility index (Phi) is 8.82. The summed E-state index contributed by atoms with van der Waals surface area (Å²) in [5, 5.41) is 15.7. The minimum atomic E-state index is -3.49. The number of aryl methyl sites for hydroxylation is 1. The molecule has 11 heteroatoms. The lowest BCUT2D eigenvalue weighted by molar-refractivity contribution is -0.137. The van der Waals surface area contributed by atoms with E-state index < -0.39 is 16.0 Å². The Morgan fingerprint density at radius 1 is 1.00 bits per heavy atom. The number of carbonyl (C=O) groups is 2. The van der Waals surface area contributed by atoms with E-state index in [0.717, 1.165) is 11.1 Å². The highest BCUT2D eigenvalue weighted by atomic mass is 35.5. The van der Waals surface area contributed by atoms with Gasteiger partial charge >= 0.3 is 5.97 Å². The number of halogens is 1. The van der Waals surface area contributed by atoms with E-state index in [0.29, 0.717) is 58.4 Å². The first-order valence-electron chi connectivity index (χ1n) is 12.6. The van der Waals surface area contributed by atoms with Crippen LogP contribution in [-0.2, 0) is 26.0 Å². The third-order valence-electron chi connectivity index (χ3n) is 6.42. The van der Waals surface area contributed by atoms with Gasteiger partial charge in [0.15, 0.2) is 0 Å². The maximum atomic E-state index is 13.2. The average molecular weight is 583 g/mol. The standard InChI is InChI=1S/C29H31ClN4O5S/c1-33(2)16-17-34(40(3,38)39)23-12-10-22(11-13-23)31-28(20-7-4-19(5-8-20)6-15-26(35)36)27-24-14-9-21(30)18-25(24)32-29(27)37/h4-5,7-14,18,31H,6,15-17H2,1-3H3,(H,32,37)(H,35,36)/b28-27-. The van der Waals surface area contributed by atoms with Crippen LogP contribution in [0.4, 0.5) is 17.1 Å². The van der Waals surface area contributed by atoms with E-state index in [1.165, 1.54) is 10.6 Å². The van der Waals surface area contributed by atoms with Crippen LogP contribution in [-0.4, -0.2) is 63.7 Å². The number of benzene rings is 3. The van der Waals surface area contributed by atoms with Gasteiger partial charge in [-0.15, -0.1) is 0 Å². The molecular weight excluding hydrogens is 552 g/mol. The maximum absolute atomic E-state index is 13.2. The highest BCUT2D eigenvalue weighted by Crippen LogP contribution is 2.39. The molecule has 0 saturated carbocycles. The van der Waals surface area contributed by atoms with E-state index in [1.807, 2.05) is 43.3 Å². The van der Waals surface area contributed by atoms with Crippen LogP contribution in [0.2, 0.25) is 5.02 Å². The molecule has 3 N–H and O–H groups in total. The van der Waals surface area contributed by atoms with Crippen molar-refractivity contribution in [2.45, 2.75) is 12.8 Å². The number of anilines is 3. The van der Waals surface area contributed by atoms with Crippen LogP contribution < -0.4 is 14.9 Å². The Morgan fingerprint density at radius 2 is 1.68 bits per heavy atom. The molecule has 4 rings (SSSR count). The summed E-state index contributed by atoms with van der Waals surface area (Å²) in [5.74, 6) is -1.16. The maximum Gasteiger partial charge on any atom is 0.303 e. The van der Waals surface area contributed by atoms with Crippen molar-refractivity contribution in [2.75, 3.05) is 48.4 Å². The molecule has 1 aliphatic heterocycles. The molecule has 0 saturated heterocycles. The first kappa shape index (κ1) is 29.1. The first-order valence-corrected chi connectivity index (χ1v) is 14.8. The topological polar surface area (TPSA) is 119 Å². The summed E-state index contributed by atoms with van der Waals surface area (Å²) in [5.41, 5.74) is 5.03. The number of sulfonamides is 1. The van der Waals surface area contributed by atoms with Crippen molar-refractivity contribution in [1.82, 2.24) is 4.90 Å². The molecule has 3 aromatic rings. The van der Waals surface area contributed by atoms with Crippen LogP contribution in [0, 0.1) is 0 Å².